The van der Waals surface area contributed by atoms with Crippen molar-refractivity contribution in [2.24, 2.45) is 0 Å². The predicted octanol–water partition coefficient (Wildman–Crippen LogP) is 2.39. The zero-order valence-corrected chi connectivity index (χ0v) is 10.1. The maximum absolute atomic E-state index is 5.88. The quantitative estimate of drug-likeness (QED) is 0.785. The maximum Gasteiger partial charge on any atom is 0.241 e. The Morgan fingerprint density at radius 2 is 1.62 bits per heavy atom. The van der Waals surface area contributed by atoms with Crippen molar-refractivity contribution >= 4 is 46.7 Å². The lowest BCUT2D eigenvalue weighted by Crippen LogP contribution is -2.02. The average molecular weight is 279 g/mol. The summed E-state index contributed by atoms with van der Waals surface area (Å²) in [6.07, 6.45) is 0. The lowest BCUT2D eigenvalue weighted by Gasteiger charge is -2.05. The number of hydrogen-bond donors (Lipinski definition) is 2. The highest BCUT2D eigenvalue weighted by Gasteiger charge is 2.11. The average Bonchev–Trinajstić information content (AvgIpc) is 2.53. The van der Waals surface area contributed by atoms with Crippen molar-refractivity contribution in [3.8, 4) is 5.69 Å². The first-order valence-corrected chi connectivity index (χ1v) is 5.25. The molecule has 8 heteroatoms. The lowest BCUT2D eigenvalue weighted by molar-refractivity contribution is 0.896. The molecule has 1 heterocycles. The van der Waals surface area contributed by atoms with Crippen LogP contribution in [0.15, 0.2) is 12.1 Å². The van der Waals surface area contributed by atoms with E-state index in [1.807, 2.05) is 0 Å². The van der Waals surface area contributed by atoms with Crippen LogP contribution in [0.4, 0.5) is 11.9 Å². The van der Waals surface area contributed by atoms with Crippen molar-refractivity contribution in [1.82, 2.24) is 14.8 Å². The van der Waals surface area contributed by atoms with Crippen LogP contribution in [0.2, 0.25) is 15.1 Å². The van der Waals surface area contributed by atoms with E-state index in [0.29, 0.717) is 15.7 Å². The van der Waals surface area contributed by atoms with Crippen LogP contribution in [-0.2, 0) is 0 Å². The van der Waals surface area contributed by atoms with E-state index in [1.165, 1.54) is 4.68 Å². The fourth-order valence-corrected chi connectivity index (χ4v) is 1.78. The number of halogens is 3. The van der Waals surface area contributed by atoms with E-state index in [9.17, 15) is 0 Å². The number of rotatable bonds is 1. The molecule has 1 aromatic heterocycles. The van der Waals surface area contributed by atoms with E-state index in [4.69, 9.17) is 46.3 Å². The molecule has 1 aromatic carbocycles. The third-order valence-corrected chi connectivity index (χ3v) is 3.06. The van der Waals surface area contributed by atoms with Crippen molar-refractivity contribution < 1.29 is 0 Å². The van der Waals surface area contributed by atoms with Gasteiger partial charge in [0.05, 0.1) is 20.8 Å². The molecule has 0 spiro atoms. The predicted molar refractivity (Wildman–Crippen MR) is 65.2 cm³/mol. The summed E-state index contributed by atoms with van der Waals surface area (Å²) in [6.45, 7) is 0. The van der Waals surface area contributed by atoms with E-state index >= 15 is 0 Å². The van der Waals surface area contributed by atoms with Crippen LogP contribution < -0.4 is 11.5 Å². The summed E-state index contributed by atoms with van der Waals surface area (Å²) in [4.78, 5) is 3.76. The van der Waals surface area contributed by atoms with Gasteiger partial charge in [-0.25, -0.2) is 0 Å². The second-order valence-electron chi connectivity index (χ2n) is 2.96. The Balaban J connectivity index is 2.61. The smallest absolute Gasteiger partial charge is 0.241 e. The molecule has 0 aliphatic carbocycles. The summed E-state index contributed by atoms with van der Waals surface area (Å²) in [5, 5.41) is 4.77. The van der Waals surface area contributed by atoms with E-state index < -0.39 is 0 Å². The molecule has 4 N–H and O–H groups in total. The van der Waals surface area contributed by atoms with Crippen LogP contribution >= 0.6 is 34.8 Å². The van der Waals surface area contributed by atoms with Crippen LogP contribution in [0, 0.1) is 0 Å². The molecule has 0 bridgehead atoms. The number of hydrogen-bond acceptors (Lipinski definition) is 4. The number of nitrogen functional groups attached to an aromatic ring is 2. The molecule has 5 nitrogen and oxygen atoms in total. The van der Waals surface area contributed by atoms with Gasteiger partial charge in [-0.3, -0.25) is 0 Å². The zero-order valence-electron chi connectivity index (χ0n) is 7.78. The molecule has 84 valence electrons. The first-order valence-electron chi connectivity index (χ1n) is 4.12. The van der Waals surface area contributed by atoms with Crippen LogP contribution in [0.3, 0.4) is 0 Å². The van der Waals surface area contributed by atoms with Gasteiger partial charge in [0.15, 0.2) is 0 Å². The number of nitrogens with two attached hydrogens (primary N) is 2. The van der Waals surface area contributed by atoms with Gasteiger partial charge in [-0.05, 0) is 12.1 Å². The summed E-state index contributed by atoms with van der Waals surface area (Å²) >= 11 is 17.6. The molecule has 0 unspecified atom stereocenters. The Labute approximate surface area is 106 Å². The molecule has 0 fully saturated rings. The minimum absolute atomic E-state index is 0.0692. The molecule has 16 heavy (non-hydrogen) atoms. The van der Waals surface area contributed by atoms with Gasteiger partial charge >= 0.3 is 0 Å². The highest BCUT2D eigenvalue weighted by atomic mass is 35.5. The van der Waals surface area contributed by atoms with E-state index in [1.54, 1.807) is 12.1 Å². The SMILES string of the molecule is Nc1nc(N)n(-c2cc(Cl)c(Cl)c(Cl)c2)n1. The molecule has 0 radical (unpaired) electrons. The number of anilines is 2. The van der Waals surface area contributed by atoms with Gasteiger partial charge in [0, 0.05) is 0 Å². The van der Waals surface area contributed by atoms with Crippen molar-refractivity contribution in [2.75, 3.05) is 11.5 Å². The van der Waals surface area contributed by atoms with Crippen molar-refractivity contribution in [3.63, 3.8) is 0 Å². The molecule has 0 aliphatic rings. The van der Waals surface area contributed by atoms with Crippen LogP contribution in [0.25, 0.3) is 5.69 Å². The largest absolute Gasteiger partial charge is 0.368 e. The molecule has 0 saturated heterocycles. The van der Waals surface area contributed by atoms with E-state index in [-0.39, 0.29) is 16.9 Å². The highest BCUT2D eigenvalue weighted by molar-refractivity contribution is 6.48. The number of nitrogens with zero attached hydrogens (tertiary/aromatic N) is 3. The minimum Gasteiger partial charge on any atom is -0.368 e. The van der Waals surface area contributed by atoms with Crippen molar-refractivity contribution in [1.29, 1.82) is 0 Å². The maximum atomic E-state index is 5.88. The van der Waals surface area contributed by atoms with Gasteiger partial charge in [-0.1, -0.05) is 34.8 Å². The molecule has 2 rings (SSSR count). The summed E-state index contributed by atoms with van der Waals surface area (Å²) in [7, 11) is 0. The third kappa shape index (κ3) is 1.89. The second kappa shape index (κ2) is 4.01. The summed E-state index contributed by atoms with van der Waals surface area (Å²) in [5.41, 5.74) is 11.6. The molecule has 0 amide bonds. The minimum atomic E-state index is 0.0692. The Morgan fingerprint density at radius 3 is 2.06 bits per heavy atom. The summed E-state index contributed by atoms with van der Waals surface area (Å²) in [6, 6.07) is 3.14. The molecular weight excluding hydrogens is 272 g/mol. The zero-order chi connectivity index (χ0) is 11.9. The Kier molecular flexibility index (Phi) is 2.84. The first kappa shape index (κ1) is 11.3. The van der Waals surface area contributed by atoms with Gasteiger partial charge in [0.25, 0.3) is 0 Å². The second-order valence-corrected chi connectivity index (χ2v) is 4.16. The Hall–Kier alpha value is -1.17. The van der Waals surface area contributed by atoms with Crippen LogP contribution in [0.5, 0.6) is 0 Å². The van der Waals surface area contributed by atoms with Crippen LogP contribution in [-0.4, -0.2) is 14.8 Å². The number of benzene rings is 1. The first-order chi connectivity index (χ1) is 7.49. The van der Waals surface area contributed by atoms with Gasteiger partial charge in [0.2, 0.25) is 11.9 Å². The Bertz CT molecular complexity index is 528. The van der Waals surface area contributed by atoms with Gasteiger partial charge in [-0.2, -0.15) is 9.67 Å². The van der Waals surface area contributed by atoms with Gasteiger partial charge < -0.3 is 11.5 Å². The molecule has 0 aliphatic heterocycles. The fraction of sp³-hybridized carbons (Fsp3) is 0. The molecule has 0 atom stereocenters. The Morgan fingerprint density at radius 1 is 1.06 bits per heavy atom. The fourth-order valence-electron chi connectivity index (χ4n) is 1.20. The summed E-state index contributed by atoms with van der Waals surface area (Å²) < 4.78 is 1.32. The highest BCUT2D eigenvalue weighted by Crippen LogP contribution is 2.32. The topological polar surface area (TPSA) is 82.7 Å². The molecule has 2 aromatic rings. The van der Waals surface area contributed by atoms with Crippen molar-refractivity contribution in [2.45, 2.75) is 0 Å². The third-order valence-electron chi connectivity index (χ3n) is 1.86. The molecular formula is C8H6Cl3N5. The standard InChI is InChI=1S/C8H6Cl3N5/c9-4-1-3(2-5(10)6(4)11)16-8(13)14-7(12)15-16/h1-2H,(H4,12,13,14,15). The summed E-state index contributed by atoms with van der Waals surface area (Å²) in [5.74, 6) is 0.214. The van der Waals surface area contributed by atoms with Crippen LogP contribution in [0.1, 0.15) is 0 Å². The van der Waals surface area contributed by atoms with Gasteiger partial charge in [-0.15, -0.1) is 5.10 Å². The van der Waals surface area contributed by atoms with Crippen molar-refractivity contribution in [3.05, 3.63) is 27.2 Å². The molecule has 0 saturated carbocycles. The van der Waals surface area contributed by atoms with Gasteiger partial charge in [0.1, 0.15) is 0 Å². The number of aromatic nitrogens is 3. The normalized spacial score (nSPS) is 10.7. The lowest BCUT2D eigenvalue weighted by atomic mass is 10.3. The van der Waals surface area contributed by atoms with E-state index in [0.717, 1.165) is 0 Å². The van der Waals surface area contributed by atoms with E-state index in [2.05, 4.69) is 10.1 Å². The monoisotopic (exact) mass is 277 g/mol.